The van der Waals surface area contributed by atoms with E-state index in [2.05, 4.69) is 15.6 Å². The molecule has 21 heavy (non-hydrogen) atoms. The van der Waals surface area contributed by atoms with Crippen LogP contribution < -0.4 is 5.32 Å². The molecule has 1 heterocycles. The summed E-state index contributed by atoms with van der Waals surface area (Å²) in [6, 6.07) is 12.7. The first-order valence-corrected chi connectivity index (χ1v) is 6.84. The van der Waals surface area contributed by atoms with Gasteiger partial charge in [0.1, 0.15) is 5.52 Å². The maximum atomic E-state index is 12.2. The molecule has 2 aromatic carbocycles. The Labute approximate surface area is 126 Å². The minimum Gasteiger partial charge on any atom is -0.348 e. The van der Waals surface area contributed by atoms with E-state index in [1.54, 1.807) is 22.9 Å². The Kier molecular flexibility index (Phi) is 3.58. The van der Waals surface area contributed by atoms with Crippen molar-refractivity contribution in [3.63, 3.8) is 0 Å². The Hall–Kier alpha value is -2.40. The lowest BCUT2D eigenvalue weighted by atomic mass is 10.1. The second-order valence-electron chi connectivity index (χ2n) is 4.69. The van der Waals surface area contributed by atoms with E-state index < -0.39 is 0 Å². The normalized spacial score (nSPS) is 10.8. The van der Waals surface area contributed by atoms with Crippen LogP contribution in [-0.4, -0.2) is 20.9 Å². The number of nitrogens with zero attached hydrogens (tertiary/aromatic N) is 3. The number of benzene rings is 2. The summed E-state index contributed by atoms with van der Waals surface area (Å²) in [5.74, 6) is -0.164. The van der Waals surface area contributed by atoms with Crippen LogP contribution in [-0.2, 0) is 13.6 Å². The number of fused-ring (bicyclic) bond motifs is 1. The Bertz CT molecular complexity index is 812. The fraction of sp³-hybridized carbons (Fsp3) is 0.133. The van der Waals surface area contributed by atoms with Gasteiger partial charge in [0.05, 0.1) is 5.52 Å². The molecule has 0 atom stereocenters. The number of rotatable bonds is 3. The topological polar surface area (TPSA) is 59.8 Å². The zero-order chi connectivity index (χ0) is 14.8. The highest BCUT2D eigenvalue weighted by atomic mass is 35.5. The third-order valence-electron chi connectivity index (χ3n) is 3.27. The molecule has 0 aliphatic rings. The molecule has 0 saturated heterocycles. The van der Waals surface area contributed by atoms with E-state index in [1.165, 1.54) is 0 Å². The van der Waals surface area contributed by atoms with Crippen LogP contribution >= 0.6 is 11.6 Å². The molecule has 5 nitrogen and oxygen atoms in total. The van der Waals surface area contributed by atoms with Crippen LogP contribution in [0.2, 0.25) is 5.02 Å². The Morgan fingerprint density at radius 1 is 1.29 bits per heavy atom. The van der Waals surface area contributed by atoms with Crippen molar-refractivity contribution in [3.8, 4) is 0 Å². The van der Waals surface area contributed by atoms with Gasteiger partial charge in [0.25, 0.3) is 5.91 Å². The van der Waals surface area contributed by atoms with Crippen LogP contribution in [0.4, 0.5) is 0 Å². The number of hydrogen-bond donors (Lipinski definition) is 1. The summed E-state index contributed by atoms with van der Waals surface area (Å²) in [6.45, 7) is 0.386. The van der Waals surface area contributed by atoms with Gasteiger partial charge in [-0.25, -0.2) is 4.68 Å². The lowest BCUT2D eigenvalue weighted by Crippen LogP contribution is -2.22. The van der Waals surface area contributed by atoms with Crippen molar-refractivity contribution in [2.45, 2.75) is 6.54 Å². The first-order valence-electron chi connectivity index (χ1n) is 6.46. The fourth-order valence-electron chi connectivity index (χ4n) is 2.10. The summed E-state index contributed by atoms with van der Waals surface area (Å²) in [5.41, 5.74) is 3.02. The summed E-state index contributed by atoms with van der Waals surface area (Å²) < 4.78 is 1.67. The zero-order valence-electron chi connectivity index (χ0n) is 11.4. The van der Waals surface area contributed by atoms with Crippen molar-refractivity contribution >= 4 is 28.5 Å². The smallest absolute Gasteiger partial charge is 0.251 e. The molecule has 0 bridgehead atoms. The summed E-state index contributed by atoms with van der Waals surface area (Å²) >= 11 is 6.06. The molecular formula is C15H13ClN4O. The quantitative estimate of drug-likeness (QED) is 0.808. The van der Waals surface area contributed by atoms with Crippen molar-refractivity contribution in [1.29, 1.82) is 0 Å². The second-order valence-corrected chi connectivity index (χ2v) is 5.10. The van der Waals surface area contributed by atoms with Gasteiger partial charge in [-0.3, -0.25) is 4.79 Å². The average Bonchev–Trinajstić information content (AvgIpc) is 2.87. The minimum absolute atomic E-state index is 0.164. The summed E-state index contributed by atoms with van der Waals surface area (Å²) in [5, 5.41) is 11.4. The molecule has 0 spiro atoms. The van der Waals surface area contributed by atoms with Crippen molar-refractivity contribution in [1.82, 2.24) is 20.3 Å². The molecule has 0 aliphatic carbocycles. The summed E-state index contributed by atoms with van der Waals surface area (Å²) in [6.07, 6.45) is 0. The van der Waals surface area contributed by atoms with E-state index >= 15 is 0 Å². The molecule has 3 aromatic rings. The van der Waals surface area contributed by atoms with Gasteiger partial charge in [0.15, 0.2) is 0 Å². The zero-order valence-corrected chi connectivity index (χ0v) is 12.1. The van der Waals surface area contributed by atoms with Gasteiger partial charge in [0.2, 0.25) is 0 Å². The summed E-state index contributed by atoms with van der Waals surface area (Å²) in [7, 11) is 1.81. The third kappa shape index (κ3) is 2.73. The number of carbonyl (C=O) groups excluding carboxylic acids is 1. The molecule has 1 N–H and O–H groups in total. The molecule has 6 heteroatoms. The molecule has 0 radical (unpaired) electrons. The third-order valence-corrected chi connectivity index (χ3v) is 3.64. The molecule has 0 saturated carbocycles. The second kappa shape index (κ2) is 5.54. The van der Waals surface area contributed by atoms with Gasteiger partial charge in [-0.15, -0.1) is 5.10 Å². The van der Waals surface area contributed by atoms with Crippen LogP contribution in [0.5, 0.6) is 0 Å². The molecule has 1 aromatic heterocycles. The highest BCUT2D eigenvalue weighted by Gasteiger charge is 2.09. The highest BCUT2D eigenvalue weighted by molar-refractivity contribution is 6.31. The molecular weight excluding hydrogens is 288 g/mol. The van der Waals surface area contributed by atoms with Crippen molar-refractivity contribution in [3.05, 3.63) is 58.6 Å². The summed E-state index contributed by atoms with van der Waals surface area (Å²) in [4.78, 5) is 12.2. The molecule has 0 unspecified atom stereocenters. The molecule has 0 fully saturated rings. The maximum Gasteiger partial charge on any atom is 0.251 e. The first-order chi connectivity index (χ1) is 10.1. The number of aromatic nitrogens is 3. The Balaban J connectivity index is 1.76. The number of hydrogen-bond acceptors (Lipinski definition) is 3. The molecule has 106 valence electrons. The predicted octanol–water partition coefficient (Wildman–Crippen LogP) is 2.55. The van der Waals surface area contributed by atoms with E-state index in [1.807, 2.05) is 31.3 Å². The first kappa shape index (κ1) is 13.6. The minimum atomic E-state index is -0.164. The monoisotopic (exact) mass is 300 g/mol. The van der Waals surface area contributed by atoms with E-state index in [9.17, 15) is 4.79 Å². The molecule has 0 aliphatic heterocycles. The van der Waals surface area contributed by atoms with Gasteiger partial charge >= 0.3 is 0 Å². The predicted molar refractivity (Wildman–Crippen MR) is 81.1 cm³/mol. The number of aryl methyl sites for hydroxylation is 1. The molecule has 3 rings (SSSR count). The van der Waals surface area contributed by atoms with E-state index in [0.29, 0.717) is 22.6 Å². The van der Waals surface area contributed by atoms with Gasteiger partial charge in [0, 0.05) is 24.2 Å². The van der Waals surface area contributed by atoms with E-state index in [4.69, 9.17) is 11.6 Å². The number of halogens is 1. The van der Waals surface area contributed by atoms with Crippen LogP contribution in [0.3, 0.4) is 0 Å². The SMILES string of the molecule is Cn1nnc2cc(C(=O)NCc3ccccc3Cl)ccc21. The van der Waals surface area contributed by atoms with Crippen molar-refractivity contribution in [2.75, 3.05) is 0 Å². The largest absolute Gasteiger partial charge is 0.348 e. The maximum absolute atomic E-state index is 12.2. The fourth-order valence-corrected chi connectivity index (χ4v) is 2.30. The van der Waals surface area contributed by atoms with Crippen molar-refractivity contribution < 1.29 is 4.79 Å². The van der Waals surface area contributed by atoms with E-state index in [-0.39, 0.29) is 5.91 Å². The van der Waals surface area contributed by atoms with Gasteiger partial charge < -0.3 is 5.32 Å². The van der Waals surface area contributed by atoms with E-state index in [0.717, 1.165) is 11.1 Å². The molecule has 1 amide bonds. The number of amides is 1. The van der Waals surface area contributed by atoms with Crippen molar-refractivity contribution in [2.24, 2.45) is 7.05 Å². The Morgan fingerprint density at radius 2 is 2.10 bits per heavy atom. The van der Waals surface area contributed by atoms with Crippen LogP contribution in [0.25, 0.3) is 11.0 Å². The Morgan fingerprint density at radius 3 is 2.90 bits per heavy atom. The number of carbonyl (C=O) groups is 1. The van der Waals surface area contributed by atoms with Crippen LogP contribution in [0.15, 0.2) is 42.5 Å². The number of nitrogens with one attached hydrogen (secondary N) is 1. The van der Waals surface area contributed by atoms with Crippen LogP contribution in [0.1, 0.15) is 15.9 Å². The average molecular weight is 301 g/mol. The van der Waals surface area contributed by atoms with Gasteiger partial charge in [-0.05, 0) is 29.8 Å². The highest BCUT2D eigenvalue weighted by Crippen LogP contribution is 2.15. The van der Waals surface area contributed by atoms with Gasteiger partial charge in [-0.1, -0.05) is 35.0 Å². The standard InChI is InChI=1S/C15H13ClN4O/c1-20-14-7-6-10(8-13(14)18-19-20)15(21)17-9-11-4-2-3-5-12(11)16/h2-8H,9H2,1H3,(H,17,21). The lowest BCUT2D eigenvalue weighted by molar-refractivity contribution is 0.0951. The van der Waals surface area contributed by atoms with Gasteiger partial charge in [-0.2, -0.15) is 0 Å². The van der Waals surface area contributed by atoms with Crippen LogP contribution in [0, 0.1) is 0 Å². The lowest BCUT2D eigenvalue weighted by Gasteiger charge is -2.07.